The van der Waals surface area contributed by atoms with Crippen LogP contribution in [0, 0.1) is 0 Å². The number of hydrogen-bond acceptors (Lipinski definition) is 3. The Kier molecular flexibility index (Phi) is 2.80. The molecule has 3 rings (SSSR count). The molecule has 0 aliphatic carbocycles. The molecule has 90 valence electrons. The summed E-state index contributed by atoms with van der Waals surface area (Å²) >= 11 is 3.52. The lowest BCUT2D eigenvalue weighted by Crippen LogP contribution is -2.27. The molecule has 3 N–H and O–H groups in total. The number of anilines is 1. The van der Waals surface area contributed by atoms with Gasteiger partial charge in [-0.15, -0.1) is 0 Å². The van der Waals surface area contributed by atoms with Gasteiger partial charge < -0.3 is 15.5 Å². The van der Waals surface area contributed by atoms with Gasteiger partial charge in [0.05, 0.1) is 5.52 Å². The molecular formula is C12H15BrN4. The highest BCUT2D eigenvalue weighted by Gasteiger charge is 2.21. The summed E-state index contributed by atoms with van der Waals surface area (Å²) in [4.78, 5) is 4.65. The zero-order valence-electron chi connectivity index (χ0n) is 9.49. The van der Waals surface area contributed by atoms with Gasteiger partial charge in [0, 0.05) is 17.8 Å². The van der Waals surface area contributed by atoms with Gasteiger partial charge in [0.1, 0.15) is 10.4 Å². The van der Waals surface area contributed by atoms with E-state index in [4.69, 9.17) is 5.73 Å². The van der Waals surface area contributed by atoms with Crippen molar-refractivity contribution < 1.29 is 0 Å². The molecule has 0 atom stereocenters. The molecular weight excluding hydrogens is 280 g/mol. The molecule has 0 amide bonds. The number of fused-ring (bicyclic) bond motifs is 1. The van der Waals surface area contributed by atoms with Crippen molar-refractivity contribution in [1.29, 1.82) is 0 Å². The highest BCUT2D eigenvalue weighted by molar-refractivity contribution is 9.10. The summed E-state index contributed by atoms with van der Waals surface area (Å²) in [5.41, 5.74) is 7.72. The van der Waals surface area contributed by atoms with E-state index in [1.807, 2.05) is 18.3 Å². The summed E-state index contributed by atoms with van der Waals surface area (Å²) in [5.74, 6) is 1.65. The van der Waals surface area contributed by atoms with Crippen molar-refractivity contribution in [2.75, 3.05) is 18.8 Å². The highest BCUT2D eigenvalue weighted by Crippen LogP contribution is 2.29. The summed E-state index contributed by atoms with van der Waals surface area (Å²) in [7, 11) is 0. The third-order valence-corrected chi connectivity index (χ3v) is 3.93. The lowest BCUT2D eigenvalue weighted by Gasteiger charge is -2.21. The van der Waals surface area contributed by atoms with E-state index in [1.54, 1.807) is 0 Å². The van der Waals surface area contributed by atoms with Crippen molar-refractivity contribution in [3.05, 3.63) is 28.8 Å². The average Bonchev–Trinajstić information content (AvgIpc) is 2.67. The second-order valence-corrected chi connectivity index (χ2v) is 5.25. The van der Waals surface area contributed by atoms with Gasteiger partial charge in [0.25, 0.3) is 0 Å². The van der Waals surface area contributed by atoms with Crippen molar-refractivity contribution in [2.45, 2.75) is 18.8 Å². The first kappa shape index (κ1) is 11.0. The number of halogens is 1. The molecule has 0 saturated carbocycles. The van der Waals surface area contributed by atoms with E-state index in [0.717, 1.165) is 47.6 Å². The van der Waals surface area contributed by atoms with E-state index in [9.17, 15) is 0 Å². The molecule has 1 fully saturated rings. The van der Waals surface area contributed by atoms with Crippen LogP contribution in [-0.4, -0.2) is 22.5 Å². The molecule has 0 spiro atoms. The Bertz CT molecular complexity index is 543. The van der Waals surface area contributed by atoms with Gasteiger partial charge in [-0.1, -0.05) is 0 Å². The minimum atomic E-state index is 0.525. The highest BCUT2D eigenvalue weighted by atomic mass is 79.9. The minimum absolute atomic E-state index is 0.525. The lowest BCUT2D eigenvalue weighted by molar-refractivity contribution is 0.444. The SMILES string of the molecule is Nc1ccc2c(Br)nc(C3CCNCC3)n2c1. The second kappa shape index (κ2) is 4.31. The van der Waals surface area contributed by atoms with Crippen molar-refractivity contribution in [2.24, 2.45) is 0 Å². The number of rotatable bonds is 1. The molecule has 2 aromatic heterocycles. The molecule has 0 unspecified atom stereocenters. The van der Waals surface area contributed by atoms with Gasteiger partial charge in [0.15, 0.2) is 0 Å². The standard InChI is InChI=1S/C12H15BrN4/c13-11-10-2-1-9(14)7-17(10)12(16-11)8-3-5-15-6-4-8/h1-2,7-8,15H,3-6,14H2. The third kappa shape index (κ3) is 1.93. The number of nitrogen functional groups attached to an aromatic ring is 1. The van der Waals surface area contributed by atoms with Crippen LogP contribution in [0.4, 0.5) is 5.69 Å². The summed E-state index contributed by atoms with van der Waals surface area (Å²) in [6.45, 7) is 2.14. The quantitative estimate of drug-likeness (QED) is 0.847. The van der Waals surface area contributed by atoms with Gasteiger partial charge >= 0.3 is 0 Å². The first-order valence-corrected chi connectivity index (χ1v) is 6.68. The van der Waals surface area contributed by atoms with Crippen LogP contribution >= 0.6 is 15.9 Å². The van der Waals surface area contributed by atoms with E-state index in [2.05, 4.69) is 30.6 Å². The molecule has 17 heavy (non-hydrogen) atoms. The van der Waals surface area contributed by atoms with Gasteiger partial charge in [-0.2, -0.15) is 0 Å². The van der Waals surface area contributed by atoms with Crippen LogP contribution in [0.25, 0.3) is 5.52 Å². The molecule has 1 aliphatic rings. The third-order valence-electron chi connectivity index (χ3n) is 3.35. The fourth-order valence-corrected chi connectivity index (χ4v) is 2.96. The topological polar surface area (TPSA) is 55.3 Å². The van der Waals surface area contributed by atoms with E-state index < -0.39 is 0 Å². The Morgan fingerprint density at radius 1 is 1.35 bits per heavy atom. The largest absolute Gasteiger partial charge is 0.398 e. The molecule has 0 aromatic carbocycles. The van der Waals surface area contributed by atoms with Gasteiger partial charge in [-0.05, 0) is 54.0 Å². The van der Waals surface area contributed by atoms with Crippen molar-refractivity contribution in [3.8, 4) is 0 Å². The van der Waals surface area contributed by atoms with Gasteiger partial charge in [-0.3, -0.25) is 0 Å². The number of pyridine rings is 1. The lowest BCUT2D eigenvalue weighted by atomic mass is 9.97. The minimum Gasteiger partial charge on any atom is -0.398 e. The number of aromatic nitrogens is 2. The average molecular weight is 295 g/mol. The number of imidazole rings is 1. The fourth-order valence-electron chi connectivity index (χ4n) is 2.45. The Morgan fingerprint density at radius 2 is 2.12 bits per heavy atom. The van der Waals surface area contributed by atoms with Gasteiger partial charge in [-0.25, -0.2) is 4.98 Å². The molecule has 5 heteroatoms. The second-order valence-electron chi connectivity index (χ2n) is 4.50. The molecule has 4 nitrogen and oxygen atoms in total. The first-order valence-electron chi connectivity index (χ1n) is 5.89. The maximum atomic E-state index is 5.86. The normalized spacial score (nSPS) is 17.7. The maximum absolute atomic E-state index is 5.86. The van der Waals surface area contributed by atoms with Gasteiger partial charge in [0.2, 0.25) is 0 Å². The predicted molar refractivity (Wildman–Crippen MR) is 72.1 cm³/mol. The van der Waals surface area contributed by atoms with E-state index in [0.29, 0.717) is 5.92 Å². The van der Waals surface area contributed by atoms with Crippen LogP contribution in [0.3, 0.4) is 0 Å². The van der Waals surface area contributed by atoms with Crippen LogP contribution in [0.5, 0.6) is 0 Å². The number of nitrogens with one attached hydrogen (secondary N) is 1. The molecule has 1 saturated heterocycles. The molecule has 1 aliphatic heterocycles. The molecule has 2 aromatic rings. The number of nitrogens with two attached hydrogens (primary N) is 1. The van der Waals surface area contributed by atoms with Crippen LogP contribution in [0.1, 0.15) is 24.6 Å². The van der Waals surface area contributed by atoms with Crippen LogP contribution < -0.4 is 11.1 Å². The zero-order chi connectivity index (χ0) is 11.8. The number of nitrogens with zero attached hydrogens (tertiary/aromatic N) is 2. The Labute approximate surface area is 108 Å². The monoisotopic (exact) mass is 294 g/mol. The smallest absolute Gasteiger partial charge is 0.132 e. The van der Waals surface area contributed by atoms with E-state index in [1.165, 1.54) is 0 Å². The van der Waals surface area contributed by atoms with E-state index in [-0.39, 0.29) is 0 Å². The molecule has 0 radical (unpaired) electrons. The van der Waals surface area contributed by atoms with Crippen LogP contribution in [-0.2, 0) is 0 Å². The fraction of sp³-hybridized carbons (Fsp3) is 0.417. The Morgan fingerprint density at radius 3 is 2.88 bits per heavy atom. The van der Waals surface area contributed by atoms with Crippen molar-refractivity contribution >= 4 is 27.1 Å². The predicted octanol–water partition coefficient (Wildman–Crippen LogP) is 2.15. The zero-order valence-corrected chi connectivity index (χ0v) is 11.1. The van der Waals surface area contributed by atoms with Crippen molar-refractivity contribution in [1.82, 2.24) is 14.7 Å². The number of hydrogen-bond donors (Lipinski definition) is 2. The Hall–Kier alpha value is -1.07. The number of piperidine rings is 1. The van der Waals surface area contributed by atoms with Crippen LogP contribution in [0.2, 0.25) is 0 Å². The summed E-state index contributed by atoms with van der Waals surface area (Å²) in [5, 5.41) is 3.38. The van der Waals surface area contributed by atoms with Crippen molar-refractivity contribution in [3.63, 3.8) is 0 Å². The van der Waals surface area contributed by atoms with Crippen LogP contribution in [0.15, 0.2) is 22.9 Å². The van der Waals surface area contributed by atoms with E-state index >= 15 is 0 Å². The summed E-state index contributed by atoms with van der Waals surface area (Å²) in [6.07, 6.45) is 4.24. The summed E-state index contributed by atoms with van der Waals surface area (Å²) in [6, 6.07) is 3.92. The Balaban J connectivity index is 2.11. The first-order chi connectivity index (χ1) is 8.25. The summed E-state index contributed by atoms with van der Waals surface area (Å²) < 4.78 is 3.03. The molecule has 0 bridgehead atoms. The molecule has 3 heterocycles. The maximum Gasteiger partial charge on any atom is 0.132 e.